The number of methoxy groups -OCH3 is 1. The van der Waals surface area contributed by atoms with E-state index in [9.17, 15) is 0 Å². The fourth-order valence-corrected chi connectivity index (χ4v) is 3.51. The normalized spacial score (nSPS) is 31.6. The topological polar surface area (TPSA) is 21.3 Å². The van der Waals surface area contributed by atoms with Gasteiger partial charge in [-0.2, -0.15) is 0 Å². The third-order valence-electron chi connectivity index (χ3n) is 4.67. The molecule has 0 saturated heterocycles. The van der Waals surface area contributed by atoms with Crippen LogP contribution in [0.15, 0.2) is 0 Å². The van der Waals surface area contributed by atoms with Gasteiger partial charge in [0.1, 0.15) is 0 Å². The molecule has 2 heteroatoms. The Morgan fingerprint density at radius 3 is 2.59 bits per heavy atom. The standard InChI is InChI=1S/C15H29NO/c1-17-15-9-5-8-14(12-15)16-11-10-13-6-3-2-4-7-13/h13-16H,2-12H2,1H3. The summed E-state index contributed by atoms with van der Waals surface area (Å²) < 4.78 is 5.48. The second kappa shape index (κ2) is 7.38. The lowest BCUT2D eigenvalue weighted by Gasteiger charge is -2.30. The minimum Gasteiger partial charge on any atom is -0.381 e. The Morgan fingerprint density at radius 2 is 1.82 bits per heavy atom. The molecule has 0 heterocycles. The molecular weight excluding hydrogens is 210 g/mol. The maximum absolute atomic E-state index is 5.48. The monoisotopic (exact) mass is 239 g/mol. The average Bonchev–Trinajstić information content (AvgIpc) is 2.40. The Balaban J connectivity index is 1.57. The van der Waals surface area contributed by atoms with E-state index in [-0.39, 0.29) is 0 Å². The van der Waals surface area contributed by atoms with Crippen molar-refractivity contribution in [1.29, 1.82) is 0 Å². The first-order valence-corrected chi connectivity index (χ1v) is 7.64. The molecule has 2 saturated carbocycles. The minimum absolute atomic E-state index is 0.510. The van der Waals surface area contributed by atoms with E-state index in [1.54, 1.807) is 0 Å². The van der Waals surface area contributed by atoms with Gasteiger partial charge in [0.2, 0.25) is 0 Å². The van der Waals surface area contributed by atoms with Crippen LogP contribution in [-0.2, 0) is 4.74 Å². The van der Waals surface area contributed by atoms with Crippen molar-refractivity contribution in [2.75, 3.05) is 13.7 Å². The summed E-state index contributed by atoms with van der Waals surface area (Å²) in [7, 11) is 1.86. The number of ether oxygens (including phenoxy) is 1. The molecule has 2 unspecified atom stereocenters. The van der Waals surface area contributed by atoms with E-state index >= 15 is 0 Å². The number of hydrogen-bond acceptors (Lipinski definition) is 2. The van der Waals surface area contributed by atoms with Crippen molar-refractivity contribution < 1.29 is 4.74 Å². The molecule has 2 fully saturated rings. The van der Waals surface area contributed by atoms with E-state index in [2.05, 4.69) is 5.32 Å². The van der Waals surface area contributed by atoms with Crippen LogP contribution in [0.3, 0.4) is 0 Å². The Bertz CT molecular complexity index is 201. The van der Waals surface area contributed by atoms with Crippen LogP contribution in [0.2, 0.25) is 0 Å². The highest BCUT2D eigenvalue weighted by atomic mass is 16.5. The lowest BCUT2D eigenvalue weighted by Crippen LogP contribution is -2.37. The van der Waals surface area contributed by atoms with Crippen LogP contribution >= 0.6 is 0 Å². The van der Waals surface area contributed by atoms with Gasteiger partial charge in [0.05, 0.1) is 6.10 Å². The van der Waals surface area contributed by atoms with Crippen molar-refractivity contribution >= 4 is 0 Å². The predicted molar refractivity (Wildman–Crippen MR) is 72.2 cm³/mol. The van der Waals surface area contributed by atoms with Crippen LogP contribution in [0.5, 0.6) is 0 Å². The maximum Gasteiger partial charge on any atom is 0.0586 e. The first-order valence-electron chi connectivity index (χ1n) is 7.64. The van der Waals surface area contributed by atoms with Crippen LogP contribution < -0.4 is 5.32 Å². The van der Waals surface area contributed by atoms with E-state index in [1.165, 1.54) is 70.8 Å². The highest BCUT2D eigenvalue weighted by Crippen LogP contribution is 2.26. The van der Waals surface area contributed by atoms with E-state index in [1.807, 2.05) is 7.11 Å². The lowest BCUT2D eigenvalue weighted by atomic mass is 9.86. The molecule has 2 atom stereocenters. The molecular formula is C15H29NO. The molecule has 0 aromatic rings. The minimum atomic E-state index is 0.510. The number of nitrogens with one attached hydrogen (secondary N) is 1. The molecule has 2 nitrogen and oxygen atoms in total. The van der Waals surface area contributed by atoms with E-state index in [0.717, 1.165) is 12.0 Å². The van der Waals surface area contributed by atoms with Crippen molar-refractivity contribution in [3.63, 3.8) is 0 Å². The zero-order valence-electron chi connectivity index (χ0n) is 11.4. The molecule has 0 aromatic carbocycles. The third kappa shape index (κ3) is 4.59. The number of hydrogen-bond donors (Lipinski definition) is 1. The van der Waals surface area contributed by atoms with Crippen LogP contribution in [0.4, 0.5) is 0 Å². The molecule has 0 spiro atoms. The quantitative estimate of drug-likeness (QED) is 0.793. The van der Waals surface area contributed by atoms with Crippen LogP contribution in [0.25, 0.3) is 0 Å². The van der Waals surface area contributed by atoms with Gasteiger partial charge in [-0.1, -0.05) is 32.1 Å². The van der Waals surface area contributed by atoms with Gasteiger partial charge < -0.3 is 10.1 Å². The summed E-state index contributed by atoms with van der Waals surface area (Å²) in [5.74, 6) is 1.01. The van der Waals surface area contributed by atoms with Gasteiger partial charge >= 0.3 is 0 Å². The van der Waals surface area contributed by atoms with Crippen LogP contribution in [0.1, 0.15) is 64.2 Å². The summed E-state index contributed by atoms with van der Waals surface area (Å²) in [5.41, 5.74) is 0. The Kier molecular flexibility index (Phi) is 5.79. The first kappa shape index (κ1) is 13.4. The molecule has 17 heavy (non-hydrogen) atoms. The Labute approximate surface area is 107 Å². The summed E-state index contributed by atoms with van der Waals surface area (Å²) in [4.78, 5) is 0. The van der Waals surface area contributed by atoms with Crippen molar-refractivity contribution in [1.82, 2.24) is 5.32 Å². The number of rotatable bonds is 5. The molecule has 0 bridgehead atoms. The molecule has 0 amide bonds. The first-order chi connectivity index (χ1) is 8.38. The molecule has 0 radical (unpaired) electrons. The highest BCUT2D eigenvalue weighted by molar-refractivity contribution is 4.78. The van der Waals surface area contributed by atoms with Gasteiger partial charge in [-0.15, -0.1) is 0 Å². The van der Waals surface area contributed by atoms with Gasteiger partial charge in [-0.25, -0.2) is 0 Å². The largest absolute Gasteiger partial charge is 0.381 e. The van der Waals surface area contributed by atoms with Crippen LogP contribution in [-0.4, -0.2) is 25.8 Å². The summed E-state index contributed by atoms with van der Waals surface area (Å²) in [6.07, 6.45) is 14.5. The molecule has 1 N–H and O–H groups in total. The summed E-state index contributed by atoms with van der Waals surface area (Å²) in [6, 6.07) is 0.720. The van der Waals surface area contributed by atoms with Gasteiger partial charge in [-0.3, -0.25) is 0 Å². The summed E-state index contributed by atoms with van der Waals surface area (Å²) >= 11 is 0. The second-order valence-corrected chi connectivity index (χ2v) is 5.97. The van der Waals surface area contributed by atoms with Gasteiger partial charge in [0.15, 0.2) is 0 Å². The Morgan fingerprint density at radius 1 is 1.00 bits per heavy atom. The van der Waals surface area contributed by atoms with Gasteiger partial charge in [0, 0.05) is 13.2 Å². The van der Waals surface area contributed by atoms with E-state index in [0.29, 0.717) is 6.10 Å². The highest BCUT2D eigenvalue weighted by Gasteiger charge is 2.21. The smallest absolute Gasteiger partial charge is 0.0586 e. The fourth-order valence-electron chi connectivity index (χ4n) is 3.51. The fraction of sp³-hybridized carbons (Fsp3) is 1.00. The lowest BCUT2D eigenvalue weighted by molar-refractivity contribution is 0.0586. The molecule has 2 rings (SSSR count). The zero-order chi connectivity index (χ0) is 11.9. The van der Waals surface area contributed by atoms with Crippen molar-refractivity contribution in [3.8, 4) is 0 Å². The van der Waals surface area contributed by atoms with Gasteiger partial charge in [-0.05, 0) is 44.6 Å². The third-order valence-corrected chi connectivity index (χ3v) is 4.67. The summed E-state index contributed by atoms with van der Waals surface area (Å²) in [6.45, 7) is 1.23. The van der Waals surface area contributed by atoms with Gasteiger partial charge in [0.25, 0.3) is 0 Å². The van der Waals surface area contributed by atoms with Crippen LogP contribution in [0, 0.1) is 5.92 Å². The second-order valence-electron chi connectivity index (χ2n) is 5.97. The molecule has 0 aliphatic heterocycles. The Hall–Kier alpha value is -0.0800. The van der Waals surface area contributed by atoms with Crippen molar-refractivity contribution in [2.24, 2.45) is 5.92 Å². The molecule has 100 valence electrons. The predicted octanol–water partition coefficient (Wildman–Crippen LogP) is 3.50. The van der Waals surface area contributed by atoms with E-state index < -0.39 is 0 Å². The van der Waals surface area contributed by atoms with E-state index in [4.69, 9.17) is 4.74 Å². The molecule has 2 aliphatic carbocycles. The SMILES string of the molecule is COC1CCCC(NCCC2CCCCC2)C1. The summed E-state index contributed by atoms with van der Waals surface area (Å²) in [5, 5.41) is 3.75. The molecule has 0 aromatic heterocycles. The van der Waals surface area contributed by atoms with Crippen molar-refractivity contribution in [2.45, 2.75) is 76.4 Å². The average molecular weight is 239 g/mol. The maximum atomic E-state index is 5.48. The zero-order valence-corrected chi connectivity index (χ0v) is 11.4. The van der Waals surface area contributed by atoms with Crippen molar-refractivity contribution in [3.05, 3.63) is 0 Å². The molecule has 2 aliphatic rings.